The number of ether oxygens (including phenoxy) is 1. The van der Waals surface area contributed by atoms with Crippen LogP contribution in [0.4, 0.5) is 4.79 Å². The highest BCUT2D eigenvalue weighted by atomic mass is 16.6. The van der Waals surface area contributed by atoms with E-state index in [9.17, 15) is 4.79 Å². The molecule has 0 saturated carbocycles. The van der Waals surface area contributed by atoms with E-state index >= 15 is 0 Å². The number of fused-ring (bicyclic) bond motifs is 1. The highest BCUT2D eigenvalue weighted by Gasteiger charge is 2.21. The number of rotatable bonds is 5. The van der Waals surface area contributed by atoms with E-state index in [4.69, 9.17) is 4.74 Å². The molecule has 0 radical (unpaired) electrons. The minimum Gasteiger partial charge on any atom is -0.444 e. The van der Waals surface area contributed by atoms with Gasteiger partial charge in [-0.05, 0) is 46.2 Å². The van der Waals surface area contributed by atoms with Gasteiger partial charge in [-0.15, -0.1) is 0 Å². The fourth-order valence-electron chi connectivity index (χ4n) is 2.28. The third-order valence-corrected chi connectivity index (χ3v) is 3.51. The van der Waals surface area contributed by atoms with E-state index in [0.29, 0.717) is 6.54 Å². The van der Waals surface area contributed by atoms with Crippen molar-refractivity contribution in [2.24, 2.45) is 0 Å². The lowest BCUT2D eigenvalue weighted by atomic mass is 10.0. The van der Waals surface area contributed by atoms with Crippen LogP contribution in [0.15, 0.2) is 30.5 Å². The summed E-state index contributed by atoms with van der Waals surface area (Å²) in [6, 6.07) is 8.22. The Morgan fingerprint density at radius 3 is 2.57 bits per heavy atom. The predicted molar refractivity (Wildman–Crippen MR) is 93.5 cm³/mol. The number of hydrogen-bond acceptors (Lipinski definition) is 3. The second-order valence-electron chi connectivity index (χ2n) is 7.45. The summed E-state index contributed by atoms with van der Waals surface area (Å²) in [6.45, 7) is 10.9. The van der Waals surface area contributed by atoms with Gasteiger partial charge in [0.2, 0.25) is 0 Å². The van der Waals surface area contributed by atoms with Crippen molar-refractivity contribution in [3.8, 4) is 0 Å². The molecule has 2 aromatic rings. The molecule has 1 heterocycles. The largest absolute Gasteiger partial charge is 0.444 e. The van der Waals surface area contributed by atoms with Crippen molar-refractivity contribution in [3.63, 3.8) is 0 Å². The van der Waals surface area contributed by atoms with Gasteiger partial charge in [-0.2, -0.15) is 0 Å². The summed E-state index contributed by atoms with van der Waals surface area (Å²) in [5.74, 6) is 0. The molecule has 1 amide bonds. The van der Waals surface area contributed by atoms with Crippen LogP contribution in [0.25, 0.3) is 10.9 Å². The van der Waals surface area contributed by atoms with Crippen molar-refractivity contribution in [1.29, 1.82) is 0 Å². The number of alkyl carbamates (subject to hydrolysis) is 1. The molecule has 0 aliphatic rings. The predicted octanol–water partition coefficient (Wildman–Crippen LogP) is 3.56. The molecular weight excluding hydrogens is 290 g/mol. The van der Waals surface area contributed by atoms with E-state index in [0.717, 1.165) is 12.1 Å². The molecule has 0 aliphatic heterocycles. The quantitative estimate of drug-likeness (QED) is 0.790. The molecule has 0 fully saturated rings. The zero-order valence-electron chi connectivity index (χ0n) is 14.6. The first-order chi connectivity index (χ1) is 10.7. The Morgan fingerprint density at radius 2 is 1.87 bits per heavy atom. The zero-order valence-corrected chi connectivity index (χ0v) is 14.6. The van der Waals surface area contributed by atoms with Crippen molar-refractivity contribution in [2.75, 3.05) is 6.54 Å². The van der Waals surface area contributed by atoms with Crippen LogP contribution >= 0.6 is 0 Å². The summed E-state index contributed by atoms with van der Waals surface area (Å²) in [7, 11) is 0. The first-order valence-corrected chi connectivity index (χ1v) is 7.93. The van der Waals surface area contributed by atoms with E-state index < -0.39 is 5.60 Å². The number of H-pyrrole nitrogens is 1. The molecule has 5 nitrogen and oxygen atoms in total. The van der Waals surface area contributed by atoms with E-state index in [-0.39, 0.29) is 11.6 Å². The summed E-state index contributed by atoms with van der Waals surface area (Å²) in [5.41, 5.74) is 1.63. The van der Waals surface area contributed by atoms with Crippen LogP contribution in [0.5, 0.6) is 0 Å². The number of nitrogens with one attached hydrogen (secondary N) is 3. The molecule has 1 aromatic heterocycles. The summed E-state index contributed by atoms with van der Waals surface area (Å²) >= 11 is 0. The maximum Gasteiger partial charge on any atom is 0.407 e. The van der Waals surface area contributed by atoms with Gasteiger partial charge in [0.25, 0.3) is 0 Å². The molecule has 0 unspecified atom stereocenters. The first-order valence-electron chi connectivity index (χ1n) is 7.93. The maximum absolute atomic E-state index is 11.7. The van der Waals surface area contributed by atoms with Crippen LogP contribution in [0, 0.1) is 0 Å². The van der Waals surface area contributed by atoms with Crippen LogP contribution in [0.1, 0.15) is 40.2 Å². The summed E-state index contributed by atoms with van der Waals surface area (Å²) in [4.78, 5) is 15.0. The highest BCUT2D eigenvalue weighted by molar-refractivity contribution is 5.82. The Labute approximate surface area is 137 Å². The number of para-hydroxylation sites is 1. The third kappa shape index (κ3) is 5.28. The number of aromatic nitrogens is 1. The topological polar surface area (TPSA) is 66.2 Å². The Hall–Kier alpha value is -2.01. The number of hydrogen-bond donors (Lipinski definition) is 3. The Balaban J connectivity index is 1.87. The SMILES string of the molecule is CC(C)(CNC(=O)OC(C)(C)C)NCc1c[nH]c2ccccc12. The van der Waals surface area contributed by atoms with Gasteiger partial charge in [0, 0.05) is 35.7 Å². The van der Waals surface area contributed by atoms with Crippen LogP contribution in [0.3, 0.4) is 0 Å². The highest BCUT2D eigenvalue weighted by Crippen LogP contribution is 2.18. The molecule has 23 heavy (non-hydrogen) atoms. The lowest BCUT2D eigenvalue weighted by molar-refractivity contribution is 0.0513. The van der Waals surface area contributed by atoms with Crippen LogP contribution in [0.2, 0.25) is 0 Å². The van der Waals surface area contributed by atoms with E-state index in [1.807, 2.05) is 39.1 Å². The van der Waals surface area contributed by atoms with Crippen LogP contribution in [-0.4, -0.2) is 28.8 Å². The number of carbonyl (C=O) groups excluding carboxylic acids is 1. The van der Waals surface area contributed by atoms with Gasteiger partial charge >= 0.3 is 6.09 Å². The van der Waals surface area contributed by atoms with Crippen molar-refractivity contribution >= 4 is 17.0 Å². The molecule has 0 saturated heterocycles. The zero-order chi connectivity index (χ0) is 17.1. The Morgan fingerprint density at radius 1 is 1.17 bits per heavy atom. The number of amides is 1. The normalized spacial score (nSPS) is 12.4. The molecular formula is C18H27N3O2. The van der Waals surface area contributed by atoms with E-state index in [1.54, 1.807) is 0 Å². The summed E-state index contributed by atoms with van der Waals surface area (Å²) in [5, 5.41) is 7.52. The number of benzene rings is 1. The fraction of sp³-hybridized carbons (Fsp3) is 0.500. The molecule has 5 heteroatoms. The van der Waals surface area contributed by atoms with Gasteiger partial charge in [0.05, 0.1) is 0 Å². The van der Waals surface area contributed by atoms with E-state index in [1.165, 1.54) is 10.9 Å². The molecule has 0 spiro atoms. The van der Waals surface area contributed by atoms with Crippen molar-refractivity contribution < 1.29 is 9.53 Å². The van der Waals surface area contributed by atoms with Crippen LogP contribution < -0.4 is 10.6 Å². The molecule has 3 N–H and O–H groups in total. The molecule has 0 atom stereocenters. The minimum atomic E-state index is -0.480. The number of aromatic amines is 1. The monoisotopic (exact) mass is 317 g/mol. The maximum atomic E-state index is 11.7. The molecule has 1 aromatic carbocycles. The lowest BCUT2D eigenvalue weighted by Gasteiger charge is -2.28. The van der Waals surface area contributed by atoms with Gasteiger partial charge in [-0.3, -0.25) is 0 Å². The van der Waals surface area contributed by atoms with E-state index in [2.05, 4.69) is 41.6 Å². The van der Waals surface area contributed by atoms with Gasteiger partial charge in [0.1, 0.15) is 5.60 Å². The van der Waals surface area contributed by atoms with Gasteiger partial charge in [-0.25, -0.2) is 4.79 Å². The molecule has 0 aliphatic carbocycles. The minimum absolute atomic E-state index is 0.241. The Kier molecular flexibility index (Phi) is 5.00. The molecule has 2 rings (SSSR count). The summed E-state index contributed by atoms with van der Waals surface area (Å²) < 4.78 is 5.26. The average molecular weight is 317 g/mol. The van der Waals surface area contributed by atoms with Crippen molar-refractivity contribution in [2.45, 2.75) is 52.3 Å². The molecule has 126 valence electrons. The molecule has 0 bridgehead atoms. The Bertz CT molecular complexity index is 668. The third-order valence-electron chi connectivity index (χ3n) is 3.51. The number of carbonyl (C=O) groups is 1. The average Bonchev–Trinajstić information content (AvgIpc) is 2.85. The van der Waals surface area contributed by atoms with Crippen LogP contribution in [-0.2, 0) is 11.3 Å². The van der Waals surface area contributed by atoms with Crippen molar-refractivity contribution in [1.82, 2.24) is 15.6 Å². The second kappa shape index (κ2) is 6.62. The second-order valence-corrected chi connectivity index (χ2v) is 7.45. The van der Waals surface area contributed by atoms with Gasteiger partial charge < -0.3 is 20.4 Å². The standard InChI is InChI=1S/C18H27N3O2/c1-17(2,3)23-16(22)20-12-18(4,5)21-11-13-10-19-15-9-7-6-8-14(13)15/h6-10,19,21H,11-12H2,1-5H3,(H,20,22). The summed E-state index contributed by atoms with van der Waals surface area (Å²) in [6.07, 6.45) is 1.63. The lowest BCUT2D eigenvalue weighted by Crippen LogP contribution is -2.49. The van der Waals surface area contributed by atoms with Gasteiger partial charge in [-0.1, -0.05) is 18.2 Å². The smallest absolute Gasteiger partial charge is 0.407 e. The fourth-order valence-corrected chi connectivity index (χ4v) is 2.28. The first kappa shape index (κ1) is 17.3. The van der Waals surface area contributed by atoms with Gasteiger partial charge in [0.15, 0.2) is 0 Å². The van der Waals surface area contributed by atoms with Crippen molar-refractivity contribution in [3.05, 3.63) is 36.0 Å².